The van der Waals surface area contributed by atoms with Gasteiger partial charge in [-0.25, -0.2) is 9.97 Å². The van der Waals surface area contributed by atoms with Gasteiger partial charge in [0.1, 0.15) is 17.8 Å². The fourth-order valence-corrected chi connectivity index (χ4v) is 2.83. The van der Waals surface area contributed by atoms with E-state index in [1.54, 1.807) is 26.6 Å². The van der Waals surface area contributed by atoms with Crippen LogP contribution >= 0.6 is 0 Å². The summed E-state index contributed by atoms with van der Waals surface area (Å²) in [4.78, 5) is 8.20. The zero-order valence-electron chi connectivity index (χ0n) is 15.3. The van der Waals surface area contributed by atoms with Crippen LogP contribution in [-0.2, 0) is 6.54 Å². The Bertz CT molecular complexity index is 853. The molecule has 5 nitrogen and oxygen atoms in total. The van der Waals surface area contributed by atoms with Crippen LogP contribution < -0.4 is 14.8 Å². The van der Waals surface area contributed by atoms with Crippen molar-refractivity contribution in [2.75, 3.05) is 14.2 Å². The molecule has 0 fully saturated rings. The standard InChI is InChI=1S/C21H23N3O2/c1-15(17-5-4-6-19(10-17)25-2)24-11-16-7-8-21(26-3)20(9-16)18-12-22-14-23-13-18/h4-10,12-15,24H,11H2,1-3H3/t15-/m1/s1. The van der Waals surface area contributed by atoms with E-state index in [9.17, 15) is 0 Å². The highest BCUT2D eigenvalue weighted by molar-refractivity contribution is 5.69. The van der Waals surface area contributed by atoms with Gasteiger partial charge in [0.25, 0.3) is 0 Å². The minimum atomic E-state index is 0.204. The SMILES string of the molecule is COc1cccc([C@@H](C)NCc2ccc(OC)c(-c3cncnc3)c2)c1. The van der Waals surface area contributed by atoms with Crippen LogP contribution in [0.4, 0.5) is 0 Å². The molecule has 1 heterocycles. The Morgan fingerprint density at radius 3 is 2.54 bits per heavy atom. The van der Waals surface area contributed by atoms with Crippen LogP contribution in [0, 0.1) is 0 Å². The Hall–Kier alpha value is -2.92. The molecule has 3 rings (SSSR count). The van der Waals surface area contributed by atoms with Crippen LogP contribution in [0.3, 0.4) is 0 Å². The van der Waals surface area contributed by atoms with Crippen molar-refractivity contribution in [1.29, 1.82) is 0 Å². The zero-order valence-corrected chi connectivity index (χ0v) is 15.3. The largest absolute Gasteiger partial charge is 0.497 e. The van der Waals surface area contributed by atoms with Crippen molar-refractivity contribution in [3.63, 3.8) is 0 Å². The summed E-state index contributed by atoms with van der Waals surface area (Å²) in [6, 6.07) is 14.5. The third-order valence-corrected chi connectivity index (χ3v) is 4.34. The summed E-state index contributed by atoms with van der Waals surface area (Å²) in [5.74, 6) is 1.68. The Balaban J connectivity index is 1.76. The number of nitrogens with one attached hydrogen (secondary N) is 1. The second-order valence-electron chi connectivity index (χ2n) is 6.04. The number of methoxy groups -OCH3 is 2. The van der Waals surface area contributed by atoms with Gasteiger partial charge < -0.3 is 14.8 Å². The lowest BCUT2D eigenvalue weighted by atomic mass is 10.0. The third kappa shape index (κ3) is 4.18. The van der Waals surface area contributed by atoms with E-state index in [2.05, 4.69) is 46.5 Å². The van der Waals surface area contributed by atoms with E-state index in [-0.39, 0.29) is 6.04 Å². The van der Waals surface area contributed by atoms with Gasteiger partial charge >= 0.3 is 0 Å². The molecule has 134 valence electrons. The fourth-order valence-electron chi connectivity index (χ4n) is 2.83. The Morgan fingerprint density at radius 1 is 1.00 bits per heavy atom. The number of hydrogen-bond donors (Lipinski definition) is 1. The fraction of sp³-hybridized carbons (Fsp3) is 0.238. The van der Waals surface area contributed by atoms with Crippen LogP contribution in [0.25, 0.3) is 11.1 Å². The molecule has 0 radical (unpaired) electrons. The maximum atomic E-state index is 5.49. The molecule has 0 saturated carbocycles. The first-order valence-corrected chi connectivity index (χ1v) is 8.51. The van der Waals surface area contributed by atoms with Crippen molar-refractivity contribution in [2.24, 2.45) is 0 Å². The van der Waals surface area contributed by atoms with E-state index in [0.29, 0.717) is 0 Å². The molecule has 0 spiro atoms. The number of rotatable bonds is 7. The van der Waals surface area contributed by atoms with E-state index in [1.807, 2.05) is 18.2 Å². The quantitative estimate of drug-likeness (QED) is 0.698. The zero-order chi connectivity index (χ0) is 18.4. The lowest BCUT2D eigenvalue weighted by Crippen LogP contribution is -2.18. The lowest BCUT2D eigenvalue weighted by molar-refractivity contribution is 0.413. The first-order chi connectivity index (χ1) is 12.7. The maximum absolute atomic E-state index is 5.49. The third-order valence-electron chi connectivity index (χ3n) is 4.34. The summed E-state index contributed by atoms with van der Waals surface area (Å²) in [6.07, 6.45) is 5.11. The molecule has 2 aromatic carbocycles. The van der Waals surface area contributed by atoms with Gasteiger partial charge in [-0.3, -0.25) is 0 Å². The summed E-state index contributed by atoms with van der Waals surface area (Å²) in [5.41, 5.74) is 4.28. The predicted molar refractivity (Wildman–Crippen MR) is 102 cm³/mol. The number of ether oxygens (including phenoxy) is 2. The first kappa shape index (κ1) is 17.9. The van der Waals surface area contributed by atoms with E-state index < -0.39 is 0 Å². The van der Waals surface area contributed by atoms with Crippen molar-refractivity contribution < 1.29 is 9.47 Å². The van der Waals surface area contributed by atoms with Crippen molar-refractivity contribution >= 4 is 0 Å². The molecule has 0 saturated heterocycles. The summed E-state index contributed by atoms with van der Waals surface area (Å²) in [5, 5.41) is 3.56. The summed E-state index contributed by atoms with van der Waals surface area (Å²) >= 11 is 0. The predicted octanol–water partition coefficient (Wildman–Crippen LogP) is 4.01. The number of hydrogen-bond acceptors (Lipinski definition) is 5. The molecule has 1 N–H and O–H groups in total. The number of nitrogens with zero attached hydrogens (tertiary/aromatic N) is 2. The van der Waals surface area contributed by atoms with Crippen LogP contribution in [0.1, 0.15) is 24.1 Å². The van der Waals surface area contributed by atoms with Crippen molar-refractivity contribution in [3.05, 3.63) is 72.3 Å². The highest BCUT2D eigenvalue weighted by atomic mass is 16.5. The van der Waals surface area contributed by atoms with Crippen LogP contribution in [0.2, 0.25) is 0 Å². The van der Waals surface area contributed by atoms with Crippen LogP contribution in [-0.4, -0.2) is 24.2 Å². The maximum Gasteiger partial charge on any atom is 0.126 e. The smallest absolute Gasteiger partial charge is 0.126 e. The molecule has 5 heteroatoms. The van der Waals surface area contributed by atoms with Gasteiger partial charge in [-0.2, -0.15) is 0 Å². The van der Waals surface area contributed by atoms with Gasteiger partial charge in [-0.15, -0.1) is 0 Å². The van der Waals surface area contributed by atoms with E-state index in [1.165, 1.54) is 17.5 Å². The van der Waals surface area contributed by atoms with Gasteiger partial charge in [0.05, 0.1) is 14.2 Å². The summed E-state index contributed by atoms with van der Waals surface area (Å²) in [6.45, 7) is 2.88. The van der Waals surface area contributed by atoms with Crippen molar-refractivity contribution in [1.82, 2.24) is 15.3 Å². The Labute approximate surface area is 154 Å². The average molecular weight is 349 g/mol. The molecule has 0 aliphatic heterocycles. The normalized spacial score (nSPS) is 11.8. The van der Waals surface area contributed by atoms with Gasteiger partial charge in [0.2, 0.25) is 0 Å². The lowest BCUT2D eigenvalue weighted by Gasteiger charge is -2.16. The van der Waals surface area contributed by atoms with Crippen molar-refractivity contribution in [3.8, 4) is 22.6 Å². The molecule has 0 aliphatic rings. The van der Waals surface area contributed by atoms with Crippen LogP contribution in [0.5, 0.6) is 11.5 Å². The molecule has 1 aromatic heterocycles. The Morgan fingerprint density at radius 2 is 1.81 bits per heavy atom. The summed E-state index contributed by atoms with van der Waals surface area (Å²) in [7, 11) is 3.36. The van der Waals surface area contributed by atoms with Gasteiger partial charge in [-0.05, 0) is 42.3 Å². The molecule has 0 amide bonds. The number of benzene rings is 2. The van der Waals surface area contributed by atoms with Gasteiger partial charge in [0, 0.05) is 36.1 Å². The minimum Gasteiger partial charge on any atom is -0.497 e. The molecular formula is C21H23N3O2. The van der Waals surface area contributed by atoms with E-state index in [4.69, 9.17) is 9.47 Å². The second kappa shape index (κ2) is 8.45. The molecule has 0 bridgehead atoms. The Kier molecular flexibility index (Phi) is 5.81. The van der Waals surface area contributed by atoms with Gasteiger partial charge in [0.15, 0.2) is 0 Å². The van der Waals surface area contributed by atoms with E-state index >= 15 is 0 Å². The minimum absolute atomic E-state index is 0.204. The van der Waals surface area contributed by atoms with Crippen molar-refractivity contribution in [2.45, 2.75) is 19.5 Å². The average Bonchev–Trinajstić information content (AvgIpc) is 2.72. The summed E-state index contributed by atoms with van der Waals surface area (Å²) < 4.78 is 10.8. The molecule has 0 aliphatic carbocycles. The number of aromatic nitrogens is 2. The molecule has 26 heavy (non-hydrogen) atoms. The second-order valence-corrected chi connectivity index (χ2v) is 6.04. The molecular weight excluding hydrogens is 326 g/mol. The monoisotopic (exact) mass is 349 g/mol. The molecule has 1 atom stereocenters. The highest BCUT2D eigenvalue weighted by Gasteiger charge is 2.10. The molecule has 0 unspecified atom stereocenters. The topological polar surface area (TPSA) is 56.3 Å². The first-order valence-electron chi connectivity index (χ1n) is 8.51. The van der Waals surface area contributed by atoms with E-state index in [0.717, 1.165) is 29.2 Å². The van der Waals surface area contributed by atoms with Crippen LogP contribution in [0.15, 0.2) is 61.2 Å². The molecule has 3 aromatic rings. The highest BCUT2D eigenvalue weighted by Crippen LogP contribution is 2.30. The van der Waals surface area contributed by atoms with Gasteiger partial charge in [-0.1, -0.05) is 18.2 Å².